The third kappa shape index (κ3) is 3.77. The van der Waals surface area contributed by atoms with Crippen LogP contribution < -0.4 is 14.2 Å². The zero-order valence-electron chi connectivity index (χ0n) is 10.9. The highest BCUT2D eigenvalue weighted by Gasteiger charge is 2.16. The molecule has 0 spiro atoms. The number of anilines is 1. The van der Waals surface area contributed by atoms with E-state index in [2.05, 4.69) is 9.46 Å². The van der Waals surface area contributed by atoms with E-state index >= 15 is 0 Å². The Morgan fingerprint density at radius 3 is 2.85 bits per heavy atom. The molecule has 2 rings (SSSR count). The van der Waals surface area contributed by atoms with E-state index in [1.54, 1.807) is 18.2 Å². The Kier molecular flexibility index (Phi) is 4.33. The van der Waals surface area contributed by atoms with Crippen LogP contribution >= 0.6 is 0 Å². The number of esters is 1. The van der Waals surface area contributed by atoms with E-state index in [0.717, 1.165) is 0 Å². The molecule has 0 saturated heterocycles. The van der Waals surface area contributed by atoms with Gasteiger partial charge in [-0.25, -0.2) is 8.42 Å². The predicted octanol–water partition coefficient (Wildman–Crippen LogP) is 1.11. The molecule has 110 valence electrons. The molecule has 0 radical (unpaired) electrons. The maximum atomic E-state index is 11.8. The van der Waals surface area contributed by atoms with Crippen LogP contribution in [0.15, 0.2) is 18.2 Å². The topological polar surface area (TPSA) is 90.9 Å². The molecule has 0 atom stereocenters. The maximum Gasteiger partial charge on any atom is 0.305 e. The Hall–Kier alpha value is -1.96. The number of fused-ring (bicyclic) bond motifs is 1. The summed E-state index contributed by atoms with van der Waals surface area (Å²) in [6, 6.07) is 4.78. The number of ether oxygens (including phenoxy) is 3. The molecule has 1 aromatic rings. The highest BCUT2D eigenvalue weighted by atomic mass is 32.2. The highest BCUT2D eigenvalue weighted by Crippen LogP contribution is 2.34. The summed E-state index contributed by atoms with van der Waals surface area (Å²) in [6.45, 7) is 0.130. The zero-order chi connectivity index (χ0) is 14.6. The van der Waals surface area contributed by atoms with Gasteiger partial charge in [-0.05, 0) is 18.6 Å². The van der Waals surface area contributed by atoms with Crippen molar-refractivity contribution >= 4 is 21.7 Å². The molecule has 8 heteroatoms. The van der Waals surface area contributed by atoms with Crippen LogP contribution in [0, 0.1) is 0 Å². The maximum absolute atomic E-state index is 11.8. The van der Waals surface area contributed by atoms with Gasteiger partial charge in [0.25, 0.3) is 0 Å². The Bertz CT molecular complexity index is 598. The lowest BCUT2D eigenvalue weighted by molar-refractivity contribution is -0.140. The van der Waals surface area contributed by atoms with Gasteiger partial charge in [0, 0.05) is 12.5 Å². The predicted molar refractivity (Wildman–Crippen MR) is 71.2 cm³/mol. The fourth-order valence-corrected chi connectivity index (χ4v) is 2.81. The first-order chi connectivity index (χ1) is 9.50. The number of sulfonamides is 1. The van der Waals surface area contributed by atoms with Gasteiger partial charge in [-0.3, -0.25) is 9.52 Å². The SMILES string of the molecule is COC(=O)CCCS(=O)(=O)Nc1ccc2c(c1)OCO2. The van der Waals surface area contributed by atoms with Crippen molar-refractivity contribution in [3.05, 3.63) is 18.2 Å². The van der Waals surface area contributed by atoms with E-state index in [1.165, 1.54) is 7.11 Å². The van der Waals surface area contributed by atoms with Crippen molar-refractivity contribution in [3.63, 3.8) is 0 Å². The van der Waals surface area contributed by atoms with Gasteiger partial charge in [-0.15, -0.1) is 0 Å². The summed E-state index contributed by atoms with van der Waals surface area (Å²) in [6.07, 6.45) is 0.269. The van der Waals surface area contributed by atoms with E-state index in [1.807, 2.05) is 0 Å². The van der Waals surface area contributed by atoms with E-state index in [4.69, 9.17) is 9.47 Å². The summed E-state index contributed by atoms with van der Waals surface area (Å²) in [7, 11) is -2.24. The average molecular weight is 301 g/mol. The number of hydrogen-bond acceptors (Lipinski definition) is 6. The Morgan fingerprint density at radius 2 is 2.10 bits per heavy atom. The van der Waals surface area contributed by atoms with Crippen LogP contribution in [0.4, 0.5) is 5.69 Å². The summed E-state index contributed by atoms with van der Waals surface area (Å²) in [5.74, 6) is 0.498. The Labute approximate surface area is 116 Å². The lowest BCUT2D eigenvalue weighted by Gasteiger charge is -2.08. The van der Waals surface area contributed by atoms with Crippen LogP contribution in [0.5, 0.6) is 11.5 Å². The molecule has 1 aromatic carbocycles. The lowest BCUT2D eigenvalue weighted by Crippen LogP contribution is -2.17. The molecule has 1 heterocycles. The van der Waals surface area contributed by atoms with Gasteiger partial charge in [-0.2, -0.15) is 0 Å². The van der Waals surface area contributed by atoms with Crippen LogP contribution in [-0.2, 0) is 19.6 Å². The molecule has 0 bridgehead atoms. The molecule has 7 nitrogen and oxygen atoms in total. The standard InChI is InChI=1S/C12H15NO6S/c1-17-12(14)3-2-6-20(15,16)13-9-4-5-10-11(7-9)19-8-18-10/h4-5,7,13H,2-3,6,8H2,1H3. The molecule has 0 fully saturated rings. The van der Waals surface area contributed by atoms with Gasteiger partial charge < -0.3 is 14.2 Å². The lowest BCUT2D eigenvalue weighted by atomic mass is 10.3. The van der Waals surface area contributed by atoms with Crippen molar-refractivity contribution in [2.45, 2.75) is 12.8 Å². The van der Waals surface area contributed by atoms with Crippen molar-refractivity contribution in [2.75, 3.05) is 24.4 Å². The highest BCUT2D eigenvalue weighted by molar-refractivity contribution is 7.92. The van der Waals surface area contributed by atoms with E-state index in [9.17, 15) is 13.2 Å². The van der Waals surface area contributed by atoms with Crippen molar-refractivity contribution in [3.8, 4) is 11.5 Å². The average Bonchev–Trinajstić information content (AvgIpc) is 2.85. The van der Waals surface area contributed by atoms with Crippen molar-refractivity contribution in [1.82, 2.24) is 0 Å². The van der Waals surface area contributed by atoms with E-state index in [0.29, 0.717) is 17.2 Å². The van der Waals surface area contributed by atoms with Crippen LogP contribution in [0.1, 0.15) is 12.8 Å². The molecule has 0 aliphatic carbocycles. The van der Waals surface area contributed by atoms with Crippen molar-refractivity contribution in [2.24, 2.45) is 0 Å². The normalized spacial score (nSPS) is 13.1. The molecular weight excluding hydrogens is 286 g/mol. The van der Waals surface area contributed by atoms with Crippen LogP contribution in [0.2, 0.25) is 0 Å². The number of carbonyl (C=O) groups excluding carboxylic acids is 1. The largest absolute Gasteiger partial charge is 0.469 e. The van der Waals surface area contributed by atoms with Crippen molar-refractivity contribution in [1.29, 1.82) is 0 Å². The molecule has 20 heavy (non-hydrogen) atoms. The van der Waals surface area contributed by atoms with Crippen LogP contribution in [0.3, 0.4) is 0 Å². The van der Waals surface area contributed by atoms with Crippen molar-refractivity contribution < 1.29 is 27.4 Å². The second-order valence-electron chi connectivity index (χ2n) is 4.17. The number of nitrogens with one attached hydrogen (secondary N) is 1. The first-order valence-electron chi connectivity index (χ1n) is 5.97. The first kappa shape index (κ1) is 14.4. The molecule has 1 aliphatic rings. The third-order valence-corrected chi connectivity index (χ3v) is 4.04. The minimum absolute atomic E-state index is 0.0680. The smallest absolute Gasteiger partial charge is 0.305 e. The molecule has 0 unspecified atom stereocenters. The summed E-state index contributed by atoms with van der Waals surface area (Å²) in [5, 5.41) is 0. The monoisotopic (exact) mass is 301 g/mol. The summed E-state index contributed by atoms with van der Waals surface area (Å²) >= 11 is 0. The van der Waals surface area contributed by atoms with Gasteiger partial charge in [0.05, 0.1) is 18.6 Å². The van der Waals surface area contributed by atoms with Crippen LogP contribution in [-0.4, -0.2) is 34.0 Å². The second kappa shape index (κ2) is 6.00. The summed E-state index contributed by atoms with van der Waals surface area (Å²) < 4.78 is 40.8. The number of carbonyl (C=O) groups is 1. The molecule has 0 amide bonds. The minimum Gasteiger partial charge on any atom is -0.469 e. The molecule has 0 aromatic heterocycles. The first-order valence-corrected chi connectivity index (χ1v) is 7.62. The van der Waals surface area contributed by atoms with Gasteiger partial charge >= 0.3 is 5.97 Å². The summed E-state index contributed by atoms with van der Waals surface area (Å²) in [5.41, 5.74) is 0.396. The number of hydrogen-bond donors (Lipinski definition) is 1. The Balaban J connectivity index is 1.93. The number of methoxy groups -OCH3 is 1. The molecular formula is C12H15NO6S. The zero-order valence-corrected chi connectivity index (χ0v) is 11.7. The van der Waals surface area contributed by atoms with E-state index in [-0.39, 0.29) is 25.4 Å². The fraction of sp³-hybridized carbons (Fsp3) is 0.417. The quantitative estimate of drug-likeness (QED) is 0.791. The van der Waals surface area contributed by atoms with Gasteiger partial charge in [0.2, 0.25) is 16.8 Å². The number of rotatable bonds is 6. The Morgan fingerprint density at radius 1 is 1.35 bits per heavy atom. The molecule has 1 aliphatic heterocycles. The molecule has 1 N–H and O–H groups in total. The minimum atomic E-state index is -3.51. The third-order valence-electron chi connectivity index (χ3n) is 2.67. The summed E-state index contributed by atoms with van der Waals surface area (Å²) in [4.78, 5) is 10.9. The van der Waals surface area contributed by atoms with Crippen LogP contribution in [0.25, 0.3) is 0 Å². The van der Waals surface area contributed by atoms with Gasteiger partial charge in [0.1, 0.15) is 0 Å². The number of benzene rings is 1. The van der Waals surface area contributed by atoms with Gasteiger partial charge in [-0.1, -0.05) is 0 Å². The van der Waals surface area contributed by atoms with E-state index < -0.39 is 16.0 Å². The second-order valence-corrected chi connectivity index (χ2v) is 6.01. The van der Waals surface area contributed by atoms with Gasteiger partial charge in [0.15, 0.2) is 11.5 Å². The molecule has 0 saturated carbocycles. The fourth-order valence-electron chi connectivity index (χ4n) is 1.70.